The number of carboxylic acids is 1. The van der Waals surface area contributed by atoms with Gasteiger partial charge >= 0.3 is 5.97 Å². The van der Waals surface area contributed by atoms with E-state index in [-0.39, 0.29) is 10.6 Å². The molecule has 0 aliphatic heterocycles. The fourth-order valence-corrected chi connectivity index (χ4v) is 1.08. The van der Waals surface area contributed by atoms with Crippen LogP contribution in [0.1, 0.15) is 11.7 Å². The number of hydrogen-bond acceptors (Lipinski definition) is 2. The summed E-state index contributed by atoms with van der Waals surface area (Å²) in [6, 6.07) is 3.17. The second-order valence-corrected chi connectivity index (χ2v) is 2.81. The van der Waals surface area contributed by atoms with Crippen LogP contribution in [0.2, 0.25) is 5.02 Å². The quantitative estimate of drug-likeness (QED) is 0.769. The zero-order chi connectivity index (χ0) is 10.0. The normalized spacial score (nSPS) is 12.5. The van der Waals surface area contributed by atoms with Crippen molar-refractivity contribution in [3.05, 3.63) is 34.6 Å². The Morgan fingerprint density at radius 1 is 1.54 bits per heavy atom. The van der Waals surface area contributed by atoms with Crippen molar-refractivity contribution in [3.63, 3.8) is 0 Å². The second kappa shape index (κ2) is 3.72. The van der Waals surface area contributed by atoms with Crippen molar-refractivity contribution in [1.82, 2.24) is 0 Å². The van der Waals surface area contributed by atoms with Crippen LogP contribution in [0.25, 0.3) is 0 Å². The highest BCUT2D eigenvalue weighted by atomic mass is 35.5. The van der Waals surface area contributed by atoms with Gasteiger partial charge in [-0.1, -0.05) is 11.6 Å². The maximum absolute atomic E-state index is 12.6. The minimum Gasteiger partial charge on any atom is -0.479 e. The molecular formula is C8H6ClFO3. The molecule has 1 atom stereocenters. The Labute approximate surface area is 78.4 Å². The molecule has 0 saturated carbocycles. The van der Waals surface area contributed by atoms with Gasteiger partial charge in [0.1, 0.15) is 5.82 Å². The lowest BCUT2D eigenvalue weighted by Gasteiger charge is -2.07. The van der Waals surface area contributed by atoms with E-state index < -0.39 is 17.9 Å². The molecule has 1 aromatic carbocycles. The average Bonchev–Trinajstić information content (AvgIpc) is 2.08. The van der Waals surface area contributed by atoms with Gasteiger partial charge in [0.15, 0.2) is 6.10 Å². The Morgan fingerprint density at radius 3 is 2.69 bits per heavy atom. The Balaban J connectivity index is 3.12. The van der Waals surface area contributed by atoms with E-state index in [9.17, 15) is 9.18 Å². The zero-order valence-corrected chi connectivity index (χ0v) is 7.12. The van der Waals surface area contributed by atoms with E-state index in [1.807, 2.05) is 0 Å². The molecule has 1 aromatic rings. The molecule has 1 unspecified atom stereocenters. The number of hydrogen-bond donors (Lipinski definition) is 2. The largest absolute Gasteiger partial charge is 0.479 e. The molecule has 3 nitrogen and oxygen atoms in total. The maximum Gasteiger partial charge on any atom is 0.337 e. The number of aliphatic hydroxyl groups is 1. The molecule has 0 heterocycles. The molecule has 5 heteroatoms. The highest BCUT2D eigenvalue weighted by Crippen LogP contribution is 2.23. The van der Waals surface area contributed by atoms with E-state index in [2.05, 4.69) is 0 Å². The predicted molar refractivity (Wildman–Crippen MR) is 44.0 cm³/mol. The Bertz CT molecular complexity index is 340. The van der Waals surface area contributed by atoms with Crippen LogP contribution < -0.4 is 0 Å². The van der Waals surface area contributed by atoms with Gasteiger partial charge in [-0.15, -0.1) is 0 Å². The number of aliphatic hydroxyl groups excluding tert-OH is 1. The van der Waals surface area contributed by atoms with Gasteiger partial charge in [0.05, 0.1) is 0 Å². The number of carbonyl (C=O) groups is 1. The number of aliphatic carboxylic acids is 1. The third kappa shape index (κ3) is 2.17. The fraction of sp³-hybridized carbons (Fsp3) is 0.125. The van der Waals surface area contributed by atoms with E-state index in [0.29, 0.717) is 0 Å². The predicted octanol–water partition coefficient (Wildman–Crippen LogP) is 1.60. The summed E-state index contributed by atoms with van der Waals surface area (Å²) in [7, 11) is 0. The lowest BCUT2D eigenvalue weighted by molar-refractivity contribution is -0.146. The summed E-state index contributed by atoms with van der Waals surface area (Å²) in [5.74, 6) is -2.10. The minimum atomic E-state index is -1.79. The molecule has 13 heavy (non-hydrogen) atoms. The van der Waals surface area contributed by atoms with Gasteiger partial charge in [-0.05, 0) is 18.2 Å². The van der Waals surface area contributed by atoms with Crippen LogP contribution in [0.15, 0.2) is 18.2 Å². The van der Waals surface area contributed by atoms with E-state index in [1.165, 1.54) is 6.07 Å². The molecule has 0 spiro atoms. The number of rotatable bonds is 2. The van der Waals surface area contributed by atoms with Crippen molar-refractivity contribution in [1.29, 1.82) is 0 Å². The third-order valence-electron chi connectivity index (χ3n) is 1.49. The van der Waals surface area contributed by atoms with Gasteiger partial charge in [-0.2, -0.15) is 0 Å². The molecule has 70 valence electrons. The molecular weight excluding hydrogens is 199 g/mol. The lowest BCUT2D eigenvalue weighted by Crippen LogP contribution is -2.11. The van der Waals surface area contributed by atoms with E-state index in [0.717, 1.165) is 12.1 Å². The van der Waals surface area contributed by atoms with Crippen LogP contribution in [0.3, 0.4) is 0 Å². The van der Waals surface area contributed by atoms with E-state index in [1.54, 1.807) is 0 Å². The van der Waals surface area contributed by atoms with E-state index in [4.69, 9.17) is 21.8 Å². The molecule has 0 amide bonds. The molecule has 0 bridgehead atoms. The number of halogens is 2. The highest BCUT2D eigenvalue weighted by Gasteiger charge is 2.19. The van der Waals surface area contributed by atoms with Crippen molar-refractivity contribution in [2.75, 3.05) is 0 Å². The molecule has 1 rings (SSSR count). The molecule has 0 aliphatic carbocycles. The van der Waals surface area contributed by atoms with Crippen LogP contribution >= 0.6 is 11.6 Å². The second-order valence-electron chi connectivity index (χ2n) is 2.41. The van der Waals surface area contributed by atoms with Crippen molar-refractivity contribution >= 4 is 17.6 Å². The Kier molecular flexibility index (Phi) is 2.85. The topological polar surface area (TPSA) is 57.5 Å². The maximum atomic E-state index is 12.6. The standard InChI is InChI=1S/C8H6ClFO3/c9-6-2-1-4(10)3-5(6)7(11)8(12)13/h1-3,7,11H,(H,12,13). The van der Waals surface area contributed by atoms with Crippen LogP contribution in [0, 0.1) is 5.82 Å². The fourth-order valence-electron chi connectivity index (χ4n) is 0.857. The smallest absolute Gasteiger partial charge is 0.337 e. The summed E-state index contributed by atoms with van der Waals surface area (Å²) < 4.78 is 12.6. The van der Waals surface area contributed by atoms with Gasteiger partial charge < -0.3 is 10.2 Å². The van der Waals surface area contributed by atoms with Gasteiger partial charge in [-0.3, -0.25) is 0 Å². The SMILES string of the molecule is O=C(O)C(O)c1cc(F)ccc1Cl. The molecule has 0 fully saturated rings. The summed E-state index contributed by atoms with van der Waals surface area (Å²) >= 11 is 5.55. The van der Waals surface area contributed by atoms with Crippen LogP contribution in [0.4, 0.5) is 4.39 Å². The lowest BCUT2D eigenvalue weighted by atomic mass is 10.1. The highest BCUT2D eigenvalue weighted by molar-refractivity contribution is 6.31. The summed E-state index contributed by atoms with van der Waals surface area (Å²) in [5, 5.41) is 17.5. The van der Waals surface area contributed by atoms with Crippen molar-refractivity contribution < 1.29 is 19.4 Å². The van der Waals surface area contributed by atoms with Gasteiger partial charge in [-0.25, -0.2) is 9.18 Å². The molecule has 0 saturated heterocycles. The van der Waals surface area contributed by atoms with Crippen molar-refractivity contribution in [2.45, 2.75) is 6.10 Å². The third-order valence-corrected chi connectivity index (χ3v) is 1.83. The van der Waals surface area contributed by atoms with Crippen LogP contribution in [0.5, 0.6) is 0 Å². The number of benzene rings is 1. The van der Waals surface area contributed by atoms with Crippen LogP contribution in [-0.4, -0.2) is 16.2 Å². The Hall–Kier alpha value is -1.13. The average molecular weight is 205 g/mol. The molecule has 0 radical (unpaired) electrons. The summed E-state index contributed by atoms with van der Waals surface area (Å²) in [6.07, 6.45) is -1.79. The first-order valence-corrected chi connectivity index (χ1v) is 3.76. The summed E-state index contributed by atoms with van der Waals surface area (Å²) in [4.78, 5) is 10.3. The first-order chi connectivity index (χ1) is 6.02. The Morgan fingerprint density at radius 2 is 2.15 bits per heavy atom. The monoisotopic (exact) mass is 204 g/mol. The zero-order valence-electron chi connectivity index (χ0n) is 6.37. The van der Waals surface area contributed by atoms with Gasteiger partial charge in [0.2, 0.25) is 0 Å². The van der Waals surface area contributed by atoms with Gasteiger partial charge in [0, 0.05) is 10.6 Å². The van der Waals surface area contributed by atoms with Crippen molar-refractivity contribution in [2.24, 2.45) is 0 Å². The minimum absolute atomic E-state index is 0.0244. The summed E-state index contributed by atoms with van der Waals surface area (Å²) in [6.45, 7) is 0. The molecule has 0 aliphatic rings. The first kappa shape index (κ1) is 9.95. The van der Waals surface area contributed by atoms with Gasteiger partial charge in [0.25, 0.3) is 0 Å². The first-order valence-electron chi connectivity index (χ1n) is 3.38. The number of carboxylic acid groups (broad SMARTS) is 1. The summed E-state index contributed by atoms with van der Waals surface area (Å²) in [5.41, 5.74) is -0.144. The van der Waals surface area contributed by atoms with Crippen LogP contribution in [-0.2, 0) is 4.79 Å². The molecule has 0 aromatic heterocycles. The van der Waals surface area contributed by atoms with Crippen molar-refractivity contribution in [3.8, 4) is 0 Å². The molecule has 2 N–H and O–H groups in total. The van der Waals surface area contributed by atoms with E-state index >= 15 is 0 Å².